The number of nitrogens with zero attached hydrogens (tertiary/aromatic N) is 2. The lowest BCUT2D eigenvalue weighted by atomic mass is 10.1. The molecule has 1 unspecified atom stereocenters. The van der Waals surface area contributed by atoms with Crippen LogP contribution in [0.3, 0.4) is 0 Å². The van der Waals surface area contributed by atoms with Crippen LogP contribution in [0.15, 0.2) is 60.8 Å². The van der Waals surface area contributed by atoms with Crippen LogP contribution in [0.25, 0.3) is 0 Å². The van der Waals surface area contributed by atoms with E-state index in [2.05, 4.69) is 10.3 Å². The summed E-state index contributed by atoms with van der Waals surface area (Å²) in [6.07, 6.45) is 1.38. The summed E-state index contributed by atoms with van der Waals surface area (Å²) < 4.78 is 0. The Morgan fingerprint density at radius 2 is 1.88 bits per heavy atom. The van der Waals surface area contributed by atoms with Crippen molar-refractivity contribution in [2.45, 2.75) is 20.0 Å². The zero-order valence-electron chi connectivity index (χ0n) is 14.5. The summed E-state index contributed by atoms with van der Waals surface area (Å²) in [5.74, 6) is 0.569. The van der Waals surface area contributed by atoms with Gasteiger partial charge >= 0.3 is 0 Å². The third kappa shape index (κ3) is 2.72. The molecule has 0 aliphatic carbocycles. The van der Waals surface area contributed by atoms with Crippen LogP contribution < -0.4 is 10.2 Å². The van der Waals surface area contributed by atoms with Crippen LogP contribution in [0.4, 0.5) is 11.5 Å². The lowest BCUT2D eigenvalue weighted by molar-refractivity contribution is 0.0992. The highest BCUT2D eigenvalue weighted by Crippen LogP contribution is 2.38. The lowest BCUT2D eigenvalue weighted by Gasteiger charge is -2.27. The Hall–Kier alpha value is -2.85. The van der Waals surface area contributed by atoms with Gasteiger partial charge in [-0.15, -0.1) is 0 Å². The number of aromatic nitrogens is 1. The van der Waals surface area contributed by atoms with Crippen LogP contribution in [0, 0.1) is 13.8 Å². The van der Waals surface area contributed by atoms with Gasteiger partial charge in [0.25, 0.3) is 5.91 Å². The third-order valence-electron chi connectivity index (χ3n) is 4.67. The second-order valence-corrected chi connectivity index (χ2v) is 6.82. The van der Waals surface area contributed by atoms with Crippen molar-refractivity contribution in [1.82, 2.24) is 4.98 Å². The molecule has 0 bridgehead atoms. The molecule has 1 aliphatic heterocycles. The molecule has 3 aromatic rings. The maximum atomic E-state index is 13.1. The third-order valence-corrected chi connectivity index (χ3v) is 5.08. The first kappa shape index (κ1) is 16.6. The van der Waals surface area contributed by atoms with Crippen molar-refractivity contribution in [2.24, 2.45) is 0 Å². The number of rotatable bonds is 3. The van der Waals surface area contributed by atoms with Crippen molar-refractivity contribution in [3.05, 3.63) is 88.1 Å². The molecule has 1 amide bonds. The summed E-state index contributed by atoms with van der Waals surface area (Å²) in [5.41, 5.74) is 4.51. The molecule has 1 aromatic heterocycles. The van der Waals surface area contributed by atoms with Crippen LogP contribution in [0.2, 0.25) is 5.02 Å². The molecule has 4 nitrogen and oxygen atoms in total. The molecule has 2 heterocycles. The van der Waals surface area contributed by atoms with Crippen LogP contribution in [-0.4, -0.2) is 10.9 Å². The quantitative estimate of drug-likeness (QED) is 0.702. The molecule has 0 spiro atoms. The first-order valence-corrected chi connectivity index (χ1v) is 8.81. The number of pyridine rings is 1. The fourth-order valence-corrected chi connectivity index (χ4v) is 3.43. The molecular formula is C21H18ClN3O. The number of nitrogens with one attached hydrogen (secondary N) is 1. The van der Waals surface area contributed by atoms with E-state index >= 15 is 0 Å². The Morgan fingerprint density at radius 1 is 1.08 bits per heavy atom. The highest BCUT2D eigenvalue weighted by Gasteiger charge is 2.38. The normalized spacial score (nSPS) is 15.9. The number of hydrogen-bond donors (Lipinski definition) is 1. The Bertz CT molecular complexity index is 1000. The zero-order valence-corrected chi connectivity index (χ0v) is 15.3. The number of aryl methyl sites for hydroxylation is 1. The molecule has 2 aromatic carbocycles. The second-order valence-electron chi connectivity index (χ2n) is 6.41. The van der Waals surface area contributed by atoms with Gasteiger partial charge in [-0.3, -0.25) is 9.69 Å². The van der Waals surface area contributed by atoms with E-state index in [0.29, 0.717) is 16.4 Å². The number of benzene rings is 2. The molecule has 0 radical (unpaired) electrons. The Kier molecular flexibility index (Phi) is 4.13. The Morgan fingerprint density at radius 3 is 2.69 bits per heavy atom. The highest BCUT2D eigenvalue weighted by molar-refractivity contribution is 6.31. The Labute approximate surface area is 157 Å². The highest BCUT2D eigenvalue weighted by atomic mass is 35.5. The molecule has 130 valence electrons. The number of fused-ring (bicyclic) bond motifs is 1. The average Bonchev–Trinajstić information content (AvgIpc) is 2.91. The minimum absolute atomic E-state index is 0.0594. The molecule has 1 aliphatic rings. The van der Waals surface area contributed by atoms with Crippen molar-refractivity contribution in [3.8, 4) is 0 Å². The maximum absolute atomic E-state index is 13.1. The molecule has 26 heavy (non-hydrogen) atoms. The SMILES string of the molecule is Cc1ccnc(N2C(=O)c3ccccc3C2Nc2cccc(Cl)c2C)c1. The number of anilines is 2. The lowest BCUT2D eigenvalue weighted by Crippen LogP contribution is -2.33. The molecular weight excluding hydrogens is 346 g/mol. The molecule has 0 saturated heterocycles. The number of carbonyl (C=O) groups excluding carboxylic acids is 1. The van der Waals surface area contributed by atoms with Gasteiger partial charge in [-0.1, -0.05) is 35.9 Å². The number of amides is 1. The van der Waals surface area contributed by atoms with E-state index in [1.807, 2.05) is 68.4 Å². The van der Waals surface area contributed by atoms with Gasteiger partial charge in [0.1, 0.15) is 12.0 Å². The van der Waals surface area contributed by atoms with Gasteiger partial charge in [0, 0.05) is 28.0 Å². The van der Waals surface area contributed by atoms with Crippen LogP contribution in [-0.2, 0) is 0 Å². The fraction of sp³-hybridized carbons (Fsp3) is 0.143. The van der Waals surface area contributed by atoms with Crippen LogP contribution >= 0.6 is 11.6 Å². The second kappa shape index (κ2) is 6.46. The topological polar surface area (TPSA) is 45.2 Å². The van der Waals surface area contributed by atoms with Gasteiger partial charge in [-0.2, -0.15) is 0 Å². The summed E-state index contributed by atoms with van der Waals surface area (Å²) in [6.45, 7) is 3.95. The van der Waals surface area contributed by atoms with Gasteiger partial charge in [-0.25, -0.2) is 4.98 Å². The molecule has 1 N–H and O–H groups in total. The fourth-order valence-electron chi connectivity index (χ4n) is 3.26. The summed E-state index contributed by atoms with van der Waals surface area (Å²) in [5, 5.41) is 4.17. The van der Waals surface area contributed by atoms with E-state index in [4.69, 9.17) is 11.6 Å². The predicted octanol–water partition coefficient (Wildman–Crippen LogP) is 5.12. The van der Waals surface area contributed by atoms with Crippen molar-refractivity contribution >= 4 is 29.0 Å². The van der Waals surface area contributed by atoms with E-state index in [1.165, 1.54) is 0 Å². The largest absolute Gasteiger partial charge is 0.361 e. The predicted molar refractivity (Wildman–Crippen MR) is 105 cm³/mol. The van der Waals surface area contributed by atoms with E-state index in [1.54, 1.807) is 11.1 Å². The summed E-state index contributed by atoms with van der Waals surface area (Å²) in [4.78, 5) is 19.2. The molecule has 0 saturated carbocycles. The van der Waals surface area contributed by atoms with Gasteiger partial charge in [0.15, 0.2) is 0 Å². The maximum Gasteiger partial charge on any atom is 0.261 e. The smallest absolute Gasteiger partial charge is 0.261 e. The summed E-state index contributed by atoms with van der Waals surface area (Å²) in [6, 6.07) is 17.2. The van der Waals surface area contributed by atoms with E-state index in [9.17, 15) is 4.79 Å². The van der Waals surface area contributed by atoms with E-state index < -0.39 is 0 Å². The monoisotopic (exact) mass is 363 g/mol. The zero-order chi connectivity index (χ0) is 18.3. The number of carbonyl (C=O) groups is 1. The average molecular weight is 364 g/mol. The standard InChI is InChI=1S/C21H18ClN3O/c1-13-10-11-23-19(12-13)25-20(15-6-3-4-7-16(15)21(25)26)24-18-9-5-8-17(22)14(18)2/h3-12,20,24H,1-2H3. The van der Waals surface area contributed by atoms with Crippen molar-refractivity contribution in [2.75, 3.05) is 10.2 Å². The van der Waals surface area contributed by atoms with Crippen molar-refractivity contribution in [3.63, 3.8) is 0 Å². The number of hydrogen-bond acceptors (Lipinski definition) is 3. The van der Waals surface area contributed by atoms with Gasteiger partial charge < -0.3 is 5.32 Å². The molecule has 4 rings (SSSR count). The van der Waals surface area contributed by atoms with Gasteiger partial charge in [0.05, 0.1) is 0 Å². The van der Waals surface area contributed by atoms with Crippen molar-refractivity contribution in [1.29, 1.82) is 0 Å². The van der Waals surface area contributed by atoms with Crippen molar-refractivity contribution < 1.29 is 4.79 Å². The van der Waals surface area contributed by atoms with Crippen LogP contribution in [0.5, 0.6) is 0 Å². The summed E-state index contributed by atoms with van der Waals surface area (Å²) in [7, 11) is 0. The number of halogens is 1. The van der Waals surface area contributed by atoms with E-state index in [-0.39, 0.29) is 12.1 Å². The summed E-state index contributed by atoms with van der Waals surface area (Å²) >= 11 is 6.27. The molecule has 1 atom stereocenters. The minimum atomic E-state index is -0.342. The van der Waals surface area contributed by atoms with E-state index in [0.717, 1.165) is 22.4 Å². The molecule has 5 heteroatoms. The Balaban J connectivity index is 1.82. The molecule has 0 fully saturated rings. The minimum Gasteiger partial charge on any atom is -0.361 e. The van der Waals surface area contributed by atoms with Gasteiger partial charge in [-0.05, 0) is 55.3 Å². The first-order valence-electron chi connectivity index (χ1n) is 8.43. The van der Waals surface area contributed by atoms with Gasteiger partial charge in [0.2, 0.25) is 0 Å². The first-order chi connectivity index (χ1) is 12.6. The van der Waals surface area contributed by atoms with Crippen LogP contribution in [0.1, 0.15) is 33.2 Å².